The molecule has 0 amide bonds. The molecule has 0 aliphatic carbocycles. The highest BCUT2D eigenvalue weighted by Crippen LogP contribution is 2.37. The van der Waals surface area contributed by atoms with Crippen molar-refractivity contribution in [2.75, 3.05) is 13.2 Å². The van der Waals surface area contributed by atoms with E-state index in [0.717, 1.165) is 0 Å². The molecular formula is C17H17Cl2NO4S. The van der Waals surface area contributed by atoms with Gasteiger partial charge in [0.2, 0.25) is 10.0 Å². The Labute approximate surface area is 156 Å². The number of rotatable bonds is 4. The highest BCUT2D eigenvalue weighted by atomic mass is 35.5. The number of ether oxygens (including phenoxy) is 1. The monoisotopic (exact) mass is 401 g/mol. The summed E-state index contributed by atoms with van der Waals surface area (Å²) in [7, 11) is -3.91. The van der Waals surface area contributed by atoms with Crippen LogP contribution < -0.4 is 9.46 Å². The van der Waals surface area contributed by atoms with Crippen molar-refractivity contribution in [1.82, 2.24) is 4.72 Å². The zero-order valence-electron chi connectivity index (χ0n) is 13.4. The Balaban J connectivity index is 1.88. The molecule has 0 saturated carbocycles. The largest absolute Gasteiger partial charge is 0.493 e. The zero-order chi connectivity index (χ0) is 18.2. The van der Waals surface area contributed by atoms with Crippen molar-refractivity contribution in [3.63, 3.8) is 0 Å². The number of sulfonamides is 1. The molecule has 134 valence electrons. The fraction of sp³-hybridized carbons (Fsp3) is 0.294. The van der Waals surface area contributed by atoms with Gasteiger partial charge in [-0.25, -0.2) is 13.1 Å². The van der Waals surface area contributed by atoms with Gasteiger partial charge in [0.1, 0.15) is 16.2 Å². The summed E-state index contributed by atoms with van der Waals surface area (Å²) in [5.41, 5.74) is -0.195. The van der Waals surface area contributed by atoms with Crippen molar-refractivity contribution in [1.29, 1.82) is 0 Å². The van der Waals surface area contributed by atoms with Crippen LogP contribution in [0.5, 0.6) is 5.75 Å². The van der Waals surface area contributed by atoms with Gasteiger partial charge < -0.3 is 9.84 Å². The quantitative estimate of drug-likeness (QED) is 0.824. The smallest absolute Gasteiger partial charge is 0.242 e. The van der Waals surface area contributed by atoms with E-state index in [4.69, 9.17) is 27.9 Å². The minimum Gasteiger partial charge on any atom is -0.493 e. The van der Waals surface area contributed by atoms with E-state index < -0.39 is 15.6 Å². The molecule has 3 rings (SSSR count). The fourth-order valence-corrected chi connectivity index (χ4v) is 4.67. The second kappa shape index (κ2) is 6.78. The summed E-state index contributed by atoms with van der Waals surface area (Å²) in [6.07, 6.45) is 0.278. The molecule has 0 fully saturated rings. The van der Waals surface area contributed by atoms with E-state index in [2.05, 4.69) is 4.72 Å². The average Bonchev–Trinajstić information content (AvgIpc) is 2.57. The molecule has 2 aromatic rings. The maximum absolute atomic E-state index is 12.6. The summed E-state index contributed by atoms with van der Waals surface area (Å²) in [5, 5.41) is 11.4. The Hall–Kier alpha value is -1.31. The van der Waals surface area contributed by atoms with Gasteiger partial charge in [0, 0.05) is 23.6 Å². The Morgan fingerprint density at radius 2 is 1.96 bits per heavy atom. The predicted molar refractivity (Wildman–Crippen MR) is 96.8 cm³/mol. The third kappa shape index (κ3) is 3.64. The minimum absolute atomic E-state index is 0.0301. The maximum Gasteiger partial charge on any atom is 0.242 e. The number of halogens is 2. The average molecular weight is 402 g/mol. The molecule has 0 aromatic heterocycles. The van der Waals surface area contributed by atoms with E-state index in [1.54, 1.807) is 31.2 Å². The minimum atomic E-state index is -3.91. The van der Waals surface area contributed by atoms with Crippen LogP contribution in [0.3, 0.4) is 0 Å². The summed E-state index contributed by atoms with van der Waals surface area (Å²) >= 11 is 12.0. The van der Waals surface area contributed by atoms with Gasteiger partial charge in [0.05, 0.1) is 11.6 Å². The first kappa shape index (κ1) is 18.5. The maximum atomic E-state index is 12.6. The topological polar surface area (TPSA) is 75.6 Å². The number of fused-ring (bicyclic) bond motifs is 1. The molecular weight excluding hydrogens is 385 g/mol. The summed E-state index contributed by atoms with van der Waals surface area (Å²) in [5.74, 6) is 0.552. The van der Waals surface area contributed by atoms with E-state index in [1.165, 1.54) is 12.1 Å². The number of hydrogen-bond acceptors (Lipinski definition) is 4. The van der Waals surface area contributed by atoms with Crippen LogP contribution in [0.1, 0.15) is 17.5 Å². The van der Waals surface area contributed by atoms with Gasteiger partial charge in [-0.1, -0.05) is 41.4 Å². The number of para-hydroxylation sites is 1. The third-order valence-corrected chi connectivity index (χ3v) is 6.49. The lowest BCUT2D eigenvalue weighted by Crippen LogP contribution is -2.43. The summed E-state index contributed by atoms with van der Waals surface area (Å²) in [6.45, 7) is 1.81. The normalized spacial score (nSPS) is 20.0. The van der Waals surface area contributed by atoms with Crippen molar-refractivity contribution >= 4 is 33.2 Å². The van der Waals surface area contributed by atoms with Crippen LogP contribution in [0.4, 0.5) is 0 Å². The van der Waals surface area contributed by atoms with Gasteiger partial charge in [-0.15, -0.1) is 0 Å². The van der Waals surface area contributed by atoms with E-state index >= 15 is 0 Å². The number of nitrogens with one attached hydrogen (secondary N) is 1. The van der Waals surface area contributed by atoms with Crippen LogP contribution >= 0.6 is 23.2 Å². The Morgan fingerprint density at radius 3 is 2.72 bits per heavy atom. The van der Waals surface area contributed by atoms with Crippen LogP contribution in [-0.4, -0.2) is 26.7 Å². The van der Waals surface area contributed by atoms with Crippen LogP contribution in [0.25, 0.3) is 0 Å². The van der Waals surface area contributed by atoms with E-state index in [9.17, 15) is 13.5 Å². The van der Waals surface area contributed by atoms with E-state index in [0.29, 0.717) is 28.5 Å². The number of aliphatic hydroxyl groups is 1. The highest BCUT2D eigenvalue weighted by Gasteiger charge is 2.37. The number of hydrogen-bond donors (Lipinski definition) is 2. The van der Waals surface area contributed by atoms with Gasteiger partial charge in [-0.3, -0.25) is 0 Å². The van der Waals surface area contributed by atoms with Crippen molar-refractivity contribution in [3.8, 4) is 5.75 Å². The molecule has 25 heavy (non-hydrogen) atoms. The molecule has 8 heteroatoms. The molecule has 0 saturated heterocycles. The lowest BCUT2D eigenvalue weighted by molar-refractivity contribution is 0.00219. The Bertz CT molecular complexity index is 917. The standard InChI is InChI=1S/C17H17Cl2NO4S/c1-11-8-16(14(19)9-13(11)18)25(22,23)20-10-17(21)6-7-24-15-5-3-2-4-12(15)17/h2-5,8-9,20-21H,6-7,10H2,1H3. The second-order valence-corrected chi connectivity index (χ2v) is 8.53. The molecule has 2 N–H and O–H groups in total. The van der Waals surface area contributed by atoms with Gasteiger partial charge >= 0.3 is 0 Å². The molecule has 2 aromatic carbocycles. The first-order chi connectivity index (χ1) is 11.7. The molecule has 0 spiro atoms. The SMILES string of the molecule is Cc1cc(S(=O)(=O)NCC2(O)CCOc3ccccc32)c(Cl)cc1Cl. The molecule has 1 atom stereocenters. The van der Waals surface area contributed by atoms with Crippen LogP contribution in [0.15, 0.2) is 41.3 Å². The number of benzene rings is 2. The number of aryl methyl sites for hydroxylation is 1. The Morgan fingerprint density at radius 1 is 1.24 bits per heavy atom. The van der Waals surface area contributed by atoms with E-state index in [1.807, 2.05) is 0 Å². The van der Waals surface area contributed by atoms with Crippen molar-refractivity contribution in [2.24, 2.45) is 0 Å². The van der Waals surface area contributed by atoms with Gasteiger partial charge in [0.25, 0.3) is 0 Å². The van der Waals surface area contributed by atoms with E-state index in [-0.39, 0.29) is 22.9 Å². The fourth-order valence-electron chi connectivity index (χ4n) is 2.75. The third-order valence-electron chi connectivity index (χ3n) is 4.22. The molecule has 0 bridgehead atoms. The molecule has 1 unspecified atom stereocenters. The van der Waals surface area contributed by atoms with Crippen molar-refractivity contribution in [2.45, 2.75) is 23.8 Å². The lowest BCUT2D eigenvalue weighted by Gasteiger charge is -2.34. The predicted octanol–water partition coefficient (Wildman–Crippen LogP) is 3.25. The van der Waals surface area contributed by atoms with Gasteiger partial charge in [0.15, 0.2) is 0 Å². The zero-order valence-corrected chi connectivity index (χ0v) is 15.7. The molecule has 1 aliphatic rings. The van der Waals surface area contributed by atoms with Crippen LogP contribution in [0.2, 0.25) is 10.0 Å². The summed E-state index contributed by atoms with van der Waals surface area (Å²) in [4.78, 5) is -0.0694. The van der Waals surface area contributed by atoms with Gasteiger partial charge in [-0.05, 0) is 30.7 Å². The lowest BCUT2D eigenvalue weighted by atomic mass is 9.88. The molecule has 1 aliphatic heterocycles. The first-order valence-electron chi connectivity index (χ1n) is 7.63. The summed E-state index contributed by atoms with van der Waals surface area (Å²) < 4.78 is 33.2. The molecule has 5 nitrogen and oxygen atoms in total. The summed E-state index contributed by atoms with van der Waals surface area (Å²) in [6, 6.07) is 9.84. The van der Waals surface area contributed by atoms with Crippen LogP contribution in [0, 0.1) is 6.92 Å². The van der Waals surface area contributed by atoms with Crippen LogP contribution in [-0.2, 0) is 15.6 Å². The molecule has 1 heterocycles. The second-order valence-electron chi connectivity index (χ2n) is 5.98. The van der Waals surface area contributed by atoms with Gasteiger partial charge in [-0.2, -0.15) is 0 Å². The molecule has 0 radical (unpaired) electrons. The highest BCUT2D eigenvalue weighted by molar-refractivity contribution is 7.89. The van der Waals surface area contributed by atoms with Crippen molar-refractivity contribution in [3.05, 3.63) is 57.6 Å². The Kier molecular flexibility index (Phi) is 5.01. The first-order valence-corrected chi connectivity index (χ1v) is 9.87. The van der Waals surface area contributed by atoms with Crippen molar-refractivity contribution < 1.29 is 18.3 Å².